The molecule has 0 saturated heterocycles. The fourth-order valence-corrected chi connectivity index (χ4v) is 3.18. The maximum atomic E-state index is 12.3. The number of amides is 1. The summed E-state index contributed by atoms with van der Waals surface area (Å²) in [6, 6.07) is 9.55. The number of pyridine rings is 1. The Morgan fingerprint density at radius 2 is 2.00 bits per heavy atom. The molecule has 0 saturated carbocycles. The van der Waals surface area contributed by atoms with Crippen molar-refractivity contribution in [2.24, 2.45) is 0 Å². The smallest absolute Gasteiger partial charge is 0.269 e. The minimum absolute atomic E-state index is 0.0430. The van der Waals surface area contributed by atoms with Gasteiger partial charge in [0, 0.05) is 23.5 Å². The summed E-state index contributed by atoms with van der Waals surface area (Å²) in [7, 11) is 0. The number of nitrogens with zero attached hydrogens (tertiary/aromatic N) is 3. The lowest BCUT2D eigenvalue weighted by atomic mass is 10.1. The van der Waals surface area contributed by atoms with Crippen molar-refractivity contribution in [3.8, 4) is 6.07 Å². The molecule has 2 rings (SSSR count). The normalized spacial score (nSPS) is 11.4. The van der Waals surface area contributed by atoms with E-state index in [1.165, 1.54) is 36.0 Å². The third-order valence-corrected chi connectivity index (χ3v) is 4.51. The molecular formula is C17H16N4O3S. The van der Waals surface area contributed by atoms with Crippen molar-refractivity contribution in [3.05, 3.63) is 57.3 Å². The van der Waals surface area contributed by atoms with E-state index in [-0.39, 0.29) is 11.6 Å². The maximum Gasteiger partial charge on any atom is 0.269 e. The second kappa shape index (κ2) is 7.77. The average molecular weight is 356 g/mol. The minimum atomic E-state index is -0.501. The number of hydrogen-bond donors (Lipinski definition) is 1. The van der Waals surface area contributed by atoms with E-state index < -0.39 is 10.2 Å². The number of nitrogens with one attached hydrogen (secondary N) is 1. The van der Waals surface area contributed by atoms with Gasteiger partial charge in [-0.1, -0.05) is 11.8 Å². The van der Waals surface area contributed by atoms with Gasteiger partial charge in [0.1, 0.15) is 11.1 Å². The van der Waals surface area contributed by atoms with Crippen LogP contribution in [0.2, 0.25) is 0 Å². The molecule has 2 aromatic rings. The van der Waals surface area contributed by atoms with E-state index in [1.54, 1.807) is 6.92 Å². The summed E-state index contributed by atoms with van der Waals surface area (Å²) in [6.45, 7) is 5.38. The highest BCUT2D eigenvalue weighted by Crippen LogP contribution is 2.28. The van der Waals surface area contributed by atoms with Gasteiger partial charge in [0.05, 0.1) is 15.7 Å². The third-order valence-electron chi connectivity index (χ3n) is 3.43. The molecule has 1 heterocycles. The molecule has 1 unspecified atom stereocenters. The second-order valence-electron chi connectivity index (χ2n) is 5.43. The number of nitro benzene ring substituents is 1. The lowest BCUT2D eigenvalue weighted by Gasteiger charge is -2.13. The number of carbonyl (C=O) groups is 1. The predicted molar refractivity (Wildman–Crippen MR) is 95.5 cm³/mol. The number of nitriles is 1. The van der Waals surface area contributed by atoms with Crippen molar-refractivity contribution >= 4 is 29.0 Å². The van der Waals surface area contributed by atoms with Crippen molar-refractivity contribution in [3.63, 3.8) is 0 Å². The molecule has 0 aliphatic heterocycles. The van der Waals surface area contributed by atoms with E-state index in [2.05, 4.69) is 16.4 Å². The van der Waals surface area contributed by atoms with Crippen molar-refractivity contribution in [2.45, 2.75) is 31.0 Å². The number of aromatic nitrogens is 1. The predicted octanol–water partition coefficient (Wildman–Crippen LogP) is 3.60. The number of hydrogen-bond acceptors (Lipinski definition) is 6. The van der Waals surface area contributed by atoms with Gasteiger partial charge >= 0.3 is 0 Å². The molecule has 0 radical (unpaired) electrons. The summed E-state index contributed by atoms with van der Waals surface area (Å²) in [4.78, 5) is 26.8. The third kappa shape index (κ3) is 4.55. The molecule has 7 nitrogen and oxygen atoms in total. The molecule has 0 bridgehead atoms. The van der Waals surface area contributed by atoms with E-state index in [0.29, 0.717) is 16.3 Å². The Balaban J connectivity index is 2.11. The number of anilines is 1. The molecule has 25 heavy (non-hydrogen) atoms. The highest BCUT2D eigenvalue weighted by atomic mass is 32.2. The first kappa shape index (κ1) is 18.4. The van der Waals surface area contributed by atoms with Crippen LogP contribution < -0.4 is 5.32 Å². The molecular weight excluding hydrogens is 340 g/mol. The first-order valence-corrected chi connectivity index (χ1v) is 8.30. The number of non-ortho nitro benzene ring substituents is 1. The highest BCUT2D eigenvalue weighted by Gasteiger charge is 2.19. The van der Waals surface area contributed by atoms with Gasteiger partial charge in [-0.2, -0.15) is 5.26 Å². The van der Waals surface area contributed by atoms with E-state index in [0.717, 1.165) is 11.3 Å². The summed E-state index contributed by atoms with van der Waals surface area (Å²) in [5, 5.41) is 22.7. The van der Waals surface area contributed by atoms with Crippen LogP contribution in [0.1, 0.15) is 23.7 Å². The van der Waals surface area contributed by atoms with Crippen LogP contribution in [0.25, 0.3) is 0 Å². The zero-order valence-electron chi connectivity index (χ0n) is 13.9. The van der Waals surface area contributed by atoms with Crippen LogP contribution in [-0.2, 0) is 4.79 Å². The summed E-state index contributed by atoms with van der Waals surface area (Å²) in [6.07, 6.45) is 0. The fraction of sp³-hybridized carbons (Fsp3) is 0.235. The summed E-state index contributed by atoms with van der Waals surface area (Å²) < 4.78 is 0. The monoisotopic (exact) mass is 356 g/mol. The van der Waals surface area contributed by atoms with Crippen LogP contribution in [0.15, 0.2) is 35.4 Å². The molecule has 1 atom stereocenters. The Kier molecular flexibility index (Phi) is 5.72. The summed E-state index contributed by atoms with van der Waals surface area (Å²) >= 11 is 1.20. The largest absolute Gasteiger partial charge is 0.325 e. The van der Waals surface area contributed by atoms with E-state index >= 15 is 0 Å². The molecule has 8 heteroatoms. The number of thioether (sulfide) groups is 1. The minimum Gasteiger partial charge on any atom is -0.325 e. The molecule has 0 fully saturated rings. The Hall–Kier alpha value is -2.92. The van der Waals surface area contributed by atoms with Gasteiger partial charge in [0.25, 0.3) is 5.69 Å². The topological polar surface area (TPSA) is 109 Å². The van der Waals surface area contributed by atoms with Crippen molar-refractivity contribution < 1.29 is 9.72 Å². The molecule has 1 aromatic carbocycles. The van der Waals surface area contributed by atoms with Gasteiger partial charge in [-0.15, -0.1) is 0 Å². The molecule has 1 amide bonds. The van der Waals surface area contributed by atoms with Gasteiger partial charge in [-0.3, -0.25) is 14.9 Å². The first-order valence-electron chi connectivity index (χ1n) is 7.42. The average Bonchev–Trinajstić information content (AvgIpc) is 2.54. The fourth-order valence-electron chi connectivity index (χ4n) is 2.16. The summed E-state index contributed by atoms with van der Waals surface area (Å²) in [5.41, 5.74) is 2.49. The van der Waals surface area contributed by atoms with Crippen LogP contribution in [0.4, 0.5) is 11.4 Å². The van der Waals surface area contributed by atoms with Gasteiger partial charge in [0.2, 0.25) is 5.91 Å². The van der Waals surface area contributed by atoms with E-state index in [1.807, 2.05) is 19.9 Å². The Morgan fingerprint density at radius 3 is 2.56 bits per heavy atom. The van der Waals surface area contributed by atoms with E-state index in [4.69, 9.17) is 0 Å². The van der Waals surface area contributed by atoms with Gasteiger partial charge in [-0.05, 0) is 44.5 Å². The molecule has 0 aliphatic rings. The Bertz CT molecular complexity index is 859. The SMILES string of the molecule is Cc1cc(C)c(C#N)c(SC(C)C(=O)Nc2ccc([N+](=O)[O-])cc2)n1. The second-order valence-corrected chi connectivity index (χ2v) is 6.76. The van der Waals surface area contributed by atoms with Crippen molar-refractivity contribution in [1.82, 2.24) is 4.98 Å². The summed E-state index contributed by atoms with van der Waals surface area (Å²) in [5.74, 6) is -0.274. The Morgan fingerprint density at radius 1 is 1.36 bits per heavy atom. The first-order chi connectivity index (χ1) is 11.8. The number of benzene rings is 1. The Labute approximate surface area is 149 Å². The van der Waals surface area contributed by atoms with Gasteiger partial charge < -0.3 is 5.32 Å². The number of nitro groups is 1. The zero-order valence-corrected chi connectivity index (χ0v) is 14.8. The van der Waals surface area contributed by atoms with Crippen molar-refractivity contribution in [1.29, 1.82) is 5.26 Å². The van der Waals surface area contributed by atoms with E-state index in [9.17, 15) is 20.2 Å². The lowest BCUT2D eigenvalue weighted by molar-refractivity contribution is -0.384. The van der Waals surface area contributed by atoms with Gasteiger partial charge in [0.15, 0.2) is 0 Å². The van der Waals surface area contributed by atoms with Crippen LogP contribution in [0, 0.1) is 35.3 Å². The zero-order chi connectivity index (χ0) is 18.6. The van der Waals surface area contributed by atoms with Crippen LogP contribution in [0.5, 0.6) is 0 Å². The molecule has 128 valence electrons. The van der Waals surface area contributed by atoms with Crippen LogP contribution >= 0.6 is 11.8 Å². The number of rotatable bonds is 5. The van der Waals surface area contributed by atoms with Crippen molar-refractivity contribution in [2.75, 3.05) is 5.32 Å². The van der Waals surface area contributed by atoms with Gasteiger partial charge in [-0.25, -0.2) is 4.98 Å². The van der Waals surface area contributed by atoms with Crippen LogP contribution in [0.3, 0.4) is 0 Å². The number of carbonyl (C=O) groups excluding carboxylic acids is 1. The lowest BCUT2D eigenvalue weighted by Crippen LogP contribution is -2.22. The molecule has 0 spiro atoms. The quantitative estimate of drug-likeness (QED) is 0.498. The highest BCUT2D eigenvalue weighted by molar-refractivity contribution is 8.00. The molecule has 0 aliphatic carbocycles. The molecule has 1 aromatic heterocycles. The molecule has 1 N–H and O–H groups in total. The number of aryl methyl sites for hydroxylation is 2. The standard InChI is InChI=1S/C17H16N4O3S/c1-10-8-11(2)19-17(15(10)9-18)25-12(3)16(22)20-13-4-6-14(7-5-13)21(23)24/h4-8,12H,1-3H3,(H,20,22). The maximum absolute atomic E-state index is 12.3. The van der Waals surface area contributed by atoms with Crippen LogP contribution in [-0.4, -0.2) is 21.1 Å².